The molecule has 5 nitrogen and oxygen atoms in total. The number of halogens is 2. The molecule has 1 fully saturated rings. The molecule has 2 heterocycles. The summed E-state index contributed by atoms with van der Waals surface area (Å²) in [4.78, 5) is 12.2. The van der Waals surface area contributed by atoms with Crippen LogP contribution in [0.3, 0.4) is 0 Å². The van der Waals surface area contributed by atoms with E-state index in [0.29, 0.717) is 17.7 Å². The molecule has 1 aliphatic rings. The minimum atomic E-state index is -0.473. The number of aromatic nitrogens is 3. The highest BCUT2D eigenvalue weighted by molar-refractivity contribution is 9.10. The van der Waals surface area contributed by atoms with Crippen molar-refractivity contribution in [3.05, 3.63) is 45.3 Å². The fourth-order valence-electron chi connectivity index (χ4n) is 2.12. The van der Waals surface area contributed by atoms with E-state index in [0.717, 1.165) is 6.42 Å². The molecule has 0 saturated carbocycles. The van der Waals surface area contributed by atoms with Crippen molar-refractivity contribution in [3.63, 3.8) is 0 Å². The molecule has 0 N–H and O–H groups in total. The molecule has 0 bridgehead atoms. The zero-order chi connectivity index (χ0) is 13.4. The second-order valence-electron chi connectivity index (χ2n) is 4.34. The third-order valence-electron chi connectivity index (χ3n) is 3.11. The van der Waals surface area contributed by atoms with Crippen LogP contribution in [0.15, 0.2) is 33.8 Å². The number of hydrogen-bond donors (Lipinski definition) is 0. The predicted octanol–water partition coefficient (Wildman–Crippen LogP) is 1.90. The number of nitrogens with zero attached hydrogens (tertiary/aromatic N) is 3. The van der Waals surface area contributed by atoms with Crippen molar-refractivity contribution in [1.29, 1.82) is 0 Å². The van der Waals surface area contributed by atoms with Crippen molar-refractivity contribution >= 4 is 15.9 Å². The normalized spacial score (nSPS) is 18.9. The molecule has 0 radical (unpaired) electrons. The van der Waals surface area contributed by atoms with Crippen molar-refractivity contribution in [2.24, 2.45) is 0 Å². The first-order valence-corrected chi connectivity index (χ1v) is 6.65. The number of ether oxygens (including phenoxy) is 1. The monoisotopic (exact) mass is 327 g/mol. The zero-order valence-electron chi connectivity index (χ0n) is 9.92. The third-order valence-corrected chi connectivity index (χ3v) is 3.61. The molecule has 0 aliphatic carbocycles. The molecule has 1 aromatic carbocycles. The van der Waals surface area contributed by atoms with Gasteiger partial charge in [-0.05, 0) is 24.6 Å². The lowest BCUT2D eigenvalue weighted by Gasteiger charge is -2.06. The van der Waals surface area contributed by atoms with Gasteiger partial charge in [0.25, 0.3) is 0 Å². The molecule has 1 aliphatic heterocycles. The standard InChI is InChI=1S/C12H11BrFN3O2/c13-8-1-2-11(10(14)5-8)16-7-15-17(12(16)18)9-3-4-19-6-9/h1-2,5,7,9H,3-4,6H2/t9-/m0/s1. The molecular formula is C12H11BrFN3O2. The van der Waals surface area contributed by atoms with E-state index in [1.165, 1.54) is 27.7 Å². The van der Waals surface area contributed by atoms with E-state index in [4.69, 9.17) is 4.74 Å². The Balaban J connectivity index is 2.04. The van der Waals surface area contributed by atoms with Crippen LogP contribution >= 0.6 is 15.9 Å². The molecule has 0 spiro atoms. The Bertz CT molecular complexity index is 661. The fourth-order valence-corrected chi connectivity index (χ4v) is 2.46. The molecule has 1 atom stereocenters. The maximum Gasteiger partial charge on any atom is 0.350 e. The zero-order valence-corrected chi connectivity index (χ0v) is 11.5. The highest BCUT2D eigenvalue weighted by Crippen LogP contribution is 2.19. The second kappa shape index (κ2) is 4.90. The van der Waals surface area contributed by atoms with E-state index in [1.807, 2.05) is 0 Å². The molecule has 0 unspecified atom stereocenters. The van der Waals surface area contributed by atoms with Gasteiger partial charge in [0.1, 0.15) is 12.1 Å². The van der Waals surface area contributed by atoms with Crippen LogP contribution in [-0.4, -0.2) is 27.6 Å². The minimum Gasteiger partial charge on any atom is -0.379 e. The van der Waals surface area contributed by atoms with Crippen molar-refractivity contribution in [1.82, 2.24) is 14.3 Å². The second-order valence-corrected chi connectivity index (χ2v) is 5.26. The van der Waals surface area contributed by atoms with Crippen molar-refractivity contribution < 1.29 is 9.13 Å². The van der Waals surface area contributed by atoms with Gasteiger partial charge in [0.15, 0.2) is 0 Å². The SMILES string of the molecule is O=c1n(-c2ccc(Br)cc2F)cnn1[C@H]1CCOC1. The van der Waals surface area contributed by atoms with Gasteiger partial charge >= 0.3 is 5.69 Å². The maximum absolute atomic E-state index is 13.9. The number of benzene rings is 1. The van der Waals surface area contributed by atoms with Crippen LogP contribution in [0.2, 0.25) is 0 Å². The molecule has 7 heteroatoms. The van der Waals surface area contributed by atoms with Gasteiger partial charge in [-0.2, -0.15) is 5.10 Å². The molecule has 1 aromatic heterocycles. The van der Waals surface area contributed by atoms with E-state index in [2.05, 4.69) is 21.0 Å². The summed E-state index contributed by atoms with van der Waals surface area (Å²) < 4.78 is 22.3. The van der Waals surface area contributed by atoms with E-state index >= 15 is 0 Å². The Morgan fingerprint density at radius 1 is 1.47 bits per heavy atom. The van der Waals surface area contributed by atoms with Crippen LogP contribution in [0.1, 0.15) is 12.5 Å². The van der Waals surface area contributed by atoms with Gasteiger partial charge in [0.05, 0.1) is 18.3 Å². The number of hydrogen-bond acceptors (Lipinski definition) is 3. The van der Waals surface area contributed by atoms with Crippen molar-refractivity contribution in [2.75, 3.05) is 13.2 Å². The van der Waals surface area contributed by atoms with Gasteiger partial charge in [-0.1, -0.05) is 15.9 Å². The van der Waals surface area contributed by atoms with Gasteiger partial charge < -0.3 is 4.74 Å². The van der Waals surface area contributed by atoms with Crippen LogP contribution < -0.4 is 5.69 Å². The highest BCUT2D eigenvalue weighted by Gasteiger charge is 2.22. The summed E-state index contributed by atoms with van der Waals surface area (Å²) in [6.45, 7) is 1.09. The summed E-state index contributed by atoms with van der Waals surface area (Å²) >= 11 is 3.18. The minimum absolute atomic E-state index is 0.0627. The van der Waals surface area contributed by atoms with Crippen molar-refractivity contribution in [2.45, 2.75) is 12.5 Å². The summed E-state index contributed by atoms with van der Waals surface area (Å²) in [6, 6.07) is 4.48. The fraction of sp³-hybridized carbons (Fsp3) is 0.333. The predicted molar refractivity (Wildman–Crippen MR) is 70.0 cm³/mol. The van der Waals surface area contributed by atoms with Gasteiger partial charge in [-0.3, -0.25) is 0 Å². The molecule has 19 heavy (non-hydrogen) atoms. The summed E-state index contributed by atoms with van der Waals surface area (Å²) in [5, 5.41) is 4.05. The largest absolute Gasteiger partial charge is 0.379 e. The lowest BCUT2D eigenvalue weighted by Crippen LogP contribution is -2.28. The molecule has 1 saturated heterocycles. The summed E-state index contributed by atoms with van der Waals surface area (Å²) in [5.41, 5.74) is -0.157. The van der Waals surface area contributed by atoms with Gasteiger partial charge in [-0.15, -0.1) is 0 Å². The van der Waals surface area contributed by atoms with Crippen LogP contribution in [0.4, 0.5) is 4.39 Å². The molecule has 100 valence electrons. The first-order chi connectivity index (χ1) is 9.16. The third kappa shape index (κ3) is 2.23. The van der Waals surface area contributed by atoms with Gasteiger partial charge in [0.2, 0.25) is 0 Å². The van der Waals surface area contributed by atoms with E-state index < -0.39 is 5.82 Å². The summed E-state index contributed by atoms with van der Waals surface area (Å²) in [6.07, 6.45) is 2.09. The lowest BCUT2D eigenvalue weighted by molar-refractivity contribution is 0.183. The average Bonchev–Trinajstić information content (AvgIpc) is 2.99. The Hall–Kier alpha value is -1.47. The smallest absolute Gasteiger partial charge is 0.350 e. The molecule has 0 amide bonds. The van der Waals surface area contributed by atoms with Crippen LogP contribution in [0.5, 0.6) is 0 Å². The van der Waals surface area contributed by atoms with Gasteiger partial charge in [-0.25, -0.2) is 18.4 Å². The quantitative estimate of drug-likeness (QED) is 0.846. The first kappa shape index (κ1) is 12.6. The van der Waals surface area contributed by atoms with Crippen LogP contribution in [0.25, 0.3) is 5.69 Å². The Morgan fingerprint density at radius 2 is 2.32 bits per heavy atom. The average molecular weight is 328 g/mol. The first-order valence-electron chi connectivity index (χ1n) is 5.86. The Kier molecular flexibility index (Phi) is 3.24. The molecule has 2 aromatic rings. The summed E-state index contributed by atoms with van der Waals surface area (Å²) in [5.74, 6) is -0.473. The van der Waals surface area contributed by atoms with Crippen LogP contribution in [-0.2, 0) is 4.74 Å². The van der Waals surface area contributed by atoms with E-state index in [9.17, 15) is 9.18 Å². The van der Waals surface area contributed by atoms with Crippen LogP contribution in [0, 0.1) is 5.82 Å². The van der Waals surface area contributed by atoms with E-state index in [1.54, 1.807) is 6.07 Å². The Morgan fingerprint density at radius 3 is 3.00 bits per heavy atom. The maximum atomic E-state index is 13.9. The number of rotatable bonds is 2. The highest BCUT2D eigenvalue weighted by atomic mass is 79.9. The Labute approximate surface area is 116 Å². The molecular weight excluding hydrogens is 317 g/mol. The van der Waals surface area contributed by atoms with Crippen molar-refractivity contribution in [3.8, 4) is 5.69 Å². The topological polar surface area (TPSA) is 49.0 Å². The molecule has 3 rings (SSSR count). The van der Waals surface area contributed by atoms with Gasteiger partial charge in [0, 0.05) is 11.1 Å². The summed E-state index contributed by atoms with van der Waals surface area (Å²) in [7, 11) is 0. The van der Waals surface area contributed by atoms with E-state index in [-0.39, 0.29) is 17.4 Å². The lowest BCUT2D eigenvalue weighted by atomic mass is 10.3.